The van der Waals surface area contributed by atoms with Crippen molar-refractivity contribution >= 4 is 0 Å². The van der Waals surface area contributed by atoms with Crippen LogP contribution in [0.2, 0.25) is 0 Å². The van der Waals surface area contributed by atoms with Crippen LogP contribution in [-0.2, 0) is 4.74 Å². The average molecular weight is 392 g/mol. The van der Waals surface area contributed by atoms with Crippen LogP contribution in [0.25, 0.3) is 0 Å². The molecule has 0 heterocycles. The molecular weight excluding hydrogens is 346 g/mol. The first-order valence-corrected chi connectivity index (χ1v) is 12.2. The monoisotopic (exact) mass is 391 g/mol. The molecule has 4 saturated carbocycles. The number of aliphatic hydroxyl groups excluding tert-OH is 1. The summed E-state index contributed by atoms with van der Waals surface area (Å²) in [5.74, 6) is 4.29. The van der Waals surface area contributed by atoms with Gasteiger partial charge in [-0.1, -0.05) is 13.8 Å². The van der Waals surface area contributed by atoms with Crippen molar-refractivity contribution in [3.05, 3.63) is 0 Å². The summed E-state index contributed by atoms with van der Waals surface area (Å²) in [7, 11) is 4.27. The Bertz CT molecular complexity index is 537. The predicted molar refractivity (Wildman–Crippen MR) is 115 cm³/mol. The van der Waals surface area contributed by atoms with Crippen molar-refractivity contribution in [2.45, 2.75) is 84.2 Å². The van der Waals surface area contributed by atoms with E-state index in [1.807, 2.05) is 0 Å². The lowest BCUT2D eigenvalue weighted by molar-refractivity contribution is -0.130. The smallest absolute Gasteiger partial charge is 0.0596 e. The van der Waals surface area contributed by atoms with Crippen LogP contribution in [0.5, 0.6) is 0 Å². The average Bonchev–Trinajstić information content (AvgIpc) is 2.96. The molecule has 4 rings (SSSR count). The molecule has 3 heteroatoms. The molecule has 4 aliphatic rings. The third-order valence-corrected chi connectivity index (χ3v) is 9.97. The third-order valence-electron chi connectivity index (χ3n) is 9.97. The van der Waals surface area contributed by atoms with Gasteiger partial charge in [-0.3, -0.25) is 0 Å². The zero-order valence-corrected chi connectivity index (χ0v) is 19.0. The molecule has 0 saturated heterocycles. The Labute approximate surface area is 173 Å². The molecule has 0 radical (unpaired) electrons. The van der Waals surface area contributed by atoms with Crippen molar-refractivity contribution in [2.24, 2.45) is 40.4 Å². The van der Waals surface area contributed by atoms with Crippen molar-refractivity contribution < 1.29 is 9.84 Å². The second kappa shape index (κ2) is 8.19. The van der Waals surface area contributed by atoms with Crippen LogP contribution < -0.4 is 0 Å². The first kappa shape index (κ1) is 21.1. The molecular formula is C25H45NO2. The van der Waals surface area contributed by atoms with Gasteiger partial charge in [-0.05, 0) is 125 Å². The molecule has 4 aliphatic carbocycles. The highest BCUT2D eigenvalue weighted by atomic mass is 16.5. The van der Waals surface area contributed by atoms with E-state index in [4.69, 9.17) is 4.74 Å². The highest BCUT2D eigenvalue weighted by Crippen LogP contribution is 2.66. The maximum absolute atomic E-state index is 10.6. The van der Waals surface area contributed by atoms with Gasteiger partial charge in [0, 0.05) is 13.2 Å². The van der Waals surface area contributed by atoms with E-state index in [0.29, 0.717) is 5.41 Å². The summed E-state index contributed by atoms with van der Waals surface area (Å²) in [6.45, 7) is 8.09. The van der Waals surface area contributed by atoms with Crippen LogP contribution in [-0.4, -0.2) is 50.0 Å². The van der Waals surface area contributed by atoms with E-state index in [1.165, 1.54) is 51.4 Å². The van der Waals surface area contributed by atoms with Crippen molar-refractivity contribution in [2.75, 3.05) is 33.9 Å². The molecule has 0 spiro atoms. The Morgan fingerprint density at radius 1 is 0.929 bits per heavy atom. The van der Waals surface area contributed by atoms with Crippen LogP contribution in [0.1, 0.15) is 78.1 Å². The van der Waals surface area contributed by atoms with E-state index in [-0.39, 0.29) is 11.5 Å². The van der Waals surface area contributed by atoms with E-state index in [1.54, 1.807) is 0 Å². The lowest BCUT2D eigenvalue weighted by atomic mass is 9.44. The number of fused-ring (bicyclic) bond motifs is 5. The summed E-state index contributed by atoms with van der Waals surface area (Å²) < 4.78 is 6.07. The van der Waals surface area contributed by atoms with Crippen molar-refractivity contribution in [1.82, 2.24) is 4.90 Å². The molecule has 4 fully saturated rings. The molecule has 3 nitrogen and oxygen atoms in total. The summed E-state index contributed by atoms with van der Waals surface area (Å²) in [4.78, 5) is 2.24. The Morgan fingerprint density at radius 3 is 2.46 bits per heavy atom. The van der Waals surface area contributed by atoms with E-state index >= 15 is 0 Å². The van der Waals surface area contributed by atoms with Gasteiger partial charge in [-0.2, -0.15) is 0 Å². The number of rotatable bonds is 6. The Hall–Kier alpha value is -0.120. The van der Waals surface area contributed by atoms with E-state index < -0.39 is 0 Å². The minimum Gasteiger partial charge on any atom is -0.393 e. The fraction of sp³-hybridized carbons (Fsp3) is 1.00. The number of ether oxygens (including phenoxy) is 1. The molecule has 0 aliphatic heterocycles. The van der Waals surface area contributed by atoms with Crippen LogP contribution in [0.4, 0.5) is 0 Å². The van der Waals surface area contributed by atoms with Gasteiger partial charge in [-0.25, -0.2) is 0 Å². The second-order valence-electron chi connectivity index (χ2n) is 11.7. The molecule has 8 atom stereocenters. The summed E-state index contributed by atoms with van der Waals surface area (Å²) >= 11 is 0. The van der Waals surface area contributed by atoms with Gasteiger partial charge in [0.2, 0.25) is 0 Å². The first-order valence-electron chi connectivity index (χ1n) is 12.2. The van der Waals surface area contributed by atoms with E-state index in [9.17, 15) is 5.11 Å². The molecule has 162 valence electrons. The molecule has 0 amide bonds. The first-order chi connectivity index (χ1) is 13.3. The van der Waals surface area contributed by atoms with Gasteiger partial charge in [0.25, 0.3) is 0 Å². The standard InChI is InChI=1S/C25H45NO2/c1-24-12-10-18(17-28-15-5-14-26(3)4)16-19(24)6-7-20-21-8-9-23(27)25(21,2)13-11-22(20)24/h18-23,27H,5-17H2,1-4H3. The van der Waals surface area contributed by atoms with Crippen LogP contribution in [0.3, 0.4) is 0 Å². The third kappa shape index (κ3) is 3.69. The van der Waals surface area contributed by atoms with Crippen LogP contribution >= 0.6 is 0 Å². The van der Waals surface area contributed by atoms with Gasteiger partial charge >= 0.3 is 0 Å². The van der Waals surface area contributed by atoms with Gasteiger partial charge in [0.05, 0.1) is 6.10 Å². The molecule has 28 heavy (non-hydrogen) atoms. The summed E-state index contributed by atoms with van der Waals surface area (Å²) in [5, 5.41) is 10.6. The molecule has 0 bridgehead atoms. The molecule has 0 aromatic heterocycles. The zero-order chi connectivity index (χ0) is 19.9. The largest absolute Gasteiger partial charge is 0.393 e. The van der Waals surface area contributed by atoms with E-state index in [2.05, 4.69) is 32.8 Å². The van der Waals surface area contributed by atoms with Crippen LogP contribution in [0, 0.1) is 40.4 Å². The lowest BCUT2D eigenvalue weighted by Crippen LogP contribution is -2.54. The van der Waals surface area contributed by atoms with Crippen molar-refractivity contribution in [3.63, 3.8) is 0 Å². The van der Waals surface area contributed by atoms with E-state index in [0.717, 1.165) is 62.2 Å². The van der Waals surface area contributed by atoms with Crippen molar-refractivity contribution in [3.8, 4) is 0 Å². The molecule has 8 unspecified atom stereocenters. The lowest BCUT2D eigenvalue weighted by Gasteiger charge is -2.61. The predicted octanol–water partition coefficient (Wildman–Crippen LogP) is 4.97. The number of hydrogen-bond acceptors (Lipinski definition) is 3. The Morgan fingerprint density at radius 2 is 1.68 bits per heavy atom. The summed E-state index contributed by atoms with van der Waals surface area (Å²) in [6, 6.07) is 0. The molecule has 0 aromatic rings. The highest BCUT2D eigenvalue weighted by molar-refractivity contribution is 5.09. The number of aliphatic hydroxyl groups is 1. The maximum Gasteiger partial charge on any atom is 0.0596 e. The SMILES string of the molecule is CN(C)CCCOCC1CCC2(C)C(CCC3C4CCC(O)C4(C)CCC32)C1. The fourth-order valence-corrected chi connectivity index (χ4v) is 8.20. The Balaban J connectivity index is 1.33. The summed E-state index contributed by atoms with van der Waals surface area (Å²) in [6.07, 6.45) is 13.1. The topological polar surface area (TPSA) is 32.7 Å². The van der Waals surface area contributed by atoms with Gasteiger partial charge in [0.1, 0.15) is 0 Å². The van der Waals surface area contributed by atoms with Gasteiger partial charge in [0.15, 0.2) is 0 Å². The van der Waals surface area contributed by atoms with Gasteiger partial charge < -0.3 is 14.7 Å². The fourth-order valence-electron chi connectivity index (χ4n) is 8.20. The van der Waals surface area contributed by atoms with Crippen molar-refractivity contribution in [1.29, 1.82) is 0 Å². The normalized spacial score (nSPS) is 48.2. The Kier molecular flexibility index (Phi) is 6.18. The minimum atomic E-state index is -0.0376. The number of hydrogen-bond donors (Lipinski definition) is 1. The second-order valence-corrected chi connectivity index (χ2v) is 11.7. The highest BCUT2D eigenvalue weighted by Gasteiger charge is 2.59. The minimum absolute atomic E-state index is 0.0376. The number of nitrogens with zero attached hydrogens (tertiary/aromatic N) is 1. The molecule has 0 aromatic carbocycles. The quantitative estimate of drug-likeness (QED) is 0.649. The zero-order valence-electron chi connectivity index (χ0n) is 19.0. The molecule has 1 N–H and O–H groups in total. The van der Waals surface area contributed by atoms with Crippen LogP contribution in [0.15, 0.2) is 0 Å². The summed E-state index contributed by atoms with van der Waals surface area (Å²) in [5.41, 5.74) is 0.779. The van der Waals surface area contributed by atoms with Gasteiger partial charge in [-0.15, -0.1) is 0 Å². The maximum atomic E-state index is 10.6.